The molecule has 0 saturated carbocycles. The SMILES string of the molecule is O=C(NC(c1ccc(Cl)c(F)c1)c1nn[nH]n1)c1nc(NCc2ccco2)ncc1Br. The van der Waals surface area contributed by atoms with Gasteiger partial charge in [-0.15, -0.1) is 10.2 Å². The van der Waals surface area contributed by atoms with E-state index < -0.39 is 17.8 Å². The smallest absolute Gasteiger partial charge is 0.272 e. The molecule has 1 atom stereocenters. The Balaban J connectivity index is 1.58. The van der Waals surface area contributed by atoms with E-state index in [1.165, 1.54) is 18.3 Å². The van der Waals surface area contributed by atoms with Crippen LogP contribution >= 0.6 is 27.5 Å². The molecular formula is C18H13BrClFN8O2. The first kappa shape index (κ1) is 20.9. The van der Waals surface area contributed by atoms with Gasteiger partial charge < -0.3 is 15.1 Å². The van der Waals surface area contributed by atoms with Gasteiger partial charge in [0, 0.05) is 6.20 Å². The zero-order chi connectivity index (χ0) is 21.8. The van der Waals surface area contributed by atoms with Crippen LogP contribution in [0.4, 0.5) is 10.3 Å². The number of H-pyrrole nitrogens is 1. The maximum atomic E-state index is 14.0. The van der Waals surface area contributed by atoms with Crippen LogP contribution in [0.2, 0.25) is 5.02 Å². The number of hydrogen-bond acceptors (Lipinski definition) is 8. The van der Waals surface area contributed by atoms with E-state index in [-0.39, 0.29) is 22.5 Å². The highest BCUT2D eigenvalue weighted by atomic mass is 79.9. The van der Waals surface area contributed by atoms with E-state index in [0.29, 0.717) is 22.3 Å². The number of tetrazole rings is 1. The molecule has 3 N–H and O–H groups in total. The second-order valence-corrected chi connectivity index (χ2v) is 7.43. The third-order valence-corrected chi connectivity index (χ3v) is 5.02. The number of amides is 1. The van der Waals surface area contributed by atoms with Crippen molar-refractivity contribution in [3.63, 3.8) is 0 Å². The molecule has 0 spiro atoms. The van der Waals surface area contributed by atoms with Crippen LogP contribution in [0.3, 0.4) is 0 Å². The van der Waals surface area contributed by atoms with Crippen LogP contribution in [-0.4, -0.2) is 36.5 Å². The van der Waals surface area contributed by atoms with Gasteiger partial charge in [0.25, 0.3) is 5.91 Å². The summed E-state index contributed by atoms with van der Waals surface area (Å²) in [6.07, 6.45) is 2.99. The lowest BCUT2D eigenvalue weighted by atomic mass is 10.1. The first-order valence-electron chi connectivity index (χ1n) is 8.79. The average Bonchev–Trinajstić information content (AvgIpc) is 3.47. The highest BCUT2D eigenvalue weighted by Gasteiger charge is 2.25. The molecule has 0 fully saturated rings. The number of halogens is 3. The molecule has 3 heterocycles. The Kier molecular flexibility index (Phi) is 6.18. The zero-order valence-corrected chi connectivity index (χ0v) is 17.9. The molecule has 3 aromatic heterocycles. The van der Waals surface area contributed by atoms with Crippen LogP contribution in [0, 0.1) is 5.82 Å². The molecule has 0 aliphatic carbocycles. The number of aromatic nitrogens is 6. The van der Waals surface area contributed by atoms with Crippen molar-refractivity contribution in [2.24, 2.45) is 0 Å². The van der Waals surface area contributed by atoms with Gasteiger partial charge in [0.05, 0.1) is 22.3 Å². The minimum Gasteiger partial charge on any atom is -0.467 e. The molecule has 0 radical (unpaired) electrons. The number of rotatable bonds is 7. The summed E-state index contributed by atoms with van der Waals surface area (Å²) in [5.41, 5.74) is 0.429. The summed E-state index contributed by atoms with van der Waals surface area (Å²) in [5, 5.41) is 19.3. The van der Waals surface area contributed by atoms with Gasteiger partial charge in [-0.25, -0.2) is 14.4 Å². The molecule has 0 bridgehead atoms. The van der Waals surface area contributed by atoms with Crippen molar-refractivity contribution < 1.29 is 13.6 Å². The van der Waals surface area contributed by atoms with E-state index in [2.05, 4.69) is 57.2 Å². The molecule has 0 aliphatic heterocycles. The summed E-state index contributed by atoms with van der Waals surface area (Å²) < 4.78 is 19.6. The third kappa shape index (κ3) is 4.86. The summed E-state index contributed by atoms with van der Waals surface area (Å²) in [4.78, 5) is 21.4. The Labute approximate surface area is 187 Å². The first-order valence-corrected chi connectivity index (χ1v) is 9.96. The molecule has 4 rings (SSSR count). The molecule has 1 aromatic carbocycles. The highest BCUT2D eigenvalue weighted by Crippen LogP contribution is 2.24. The van der Waals surface area contributed by atoms with Crippen molar-refractivity contribution >= 4 is 39.4 Å². The van der Waals surface area contributed by atoms with Gasteiger partial charge in [-0.05, 0) is 45.8 Å². The normalized spacial score (nSPS) is 11.8. The number of benzene rings is 1. The lowest BCUT2D eigenvalue weighted by Gasteiger charge is -2.16. The number of anilines is 1. The topological polar surface area (TPSA) is 135 Å². The van der Waals surface area contributed by atoms with Crippen molar-refractivity contribution in [3.8, 4) is 0 Å². The minimum absolute atomic E-state index is 0.0484. The Morgan fingerprint density at radius 1 is 1.35 bits per heavy atom. The Morgan fingerprint density at radius 2 is 2.23 bits per heavy atom. The van der Waals surface area contributed by atoms with Crippen LogP contribution in [0.15, 0.2) is 51.7 Å². The predicted octanol–water partition coefficient (Wildman–Crippen LogP) is 3.27. The third-order valence-electron chi connectivity index (χ3n) is 4.13. The molecule has 10 nitrogen and oxygen atoms in total. The van der Waals surface area contributed by atoms with Gasteiger partial charge in [-0.2, -0.15) is 5.21 Å². The summed E-state index contributed by atoms with van der Waals surface area (Å²) >= 11 is 9.05. The Morgan fingerprint density at radius 3 is 2.94 bits per heavy atom. The maximum absolute atomic E-state index is 14.0. The van der Waals surface area contributed by atoms with E-state index in [0.717, 1.165) is 0 Å². The Bertz CT molecular complexity index is 1190. The van der Waals surface area contributed by atoms with E-state index in [4.69, 9.17) is 16.0 Å². The Hall–Kier alpha value is -3.38. The van der Waals surface area contributed by atoms with Crippen LogP contribution in [0.5, 0.6) is 0 Å². The van der Waals surface area contributed by atoms with Crippen LogP contribution in [0.25, 0.3) is 0 Å². The van der Waals surface area contributed by atoms with Crippen molar-refractivity contribution in [3.05, 3.63) is 80.9 Å². The quantitative estimate of drug-likeness (QED) is 0.347. The number of nitrogens with zero attached hydrogens (tertiary/aromatic N) is 5. The minimum atomic E-state index is -0.903. The van der Waals surface area contributed by atoms with Crippen molar-refractivity contribution in [1.82, 2.24) is 35.9 Å². The molecule has 0 aliphatic rings. The standard InChI is InChI=1S/C18H13BrClFN8O2/c19-11-8-23-18(22-7-10-2-1-5-31-10)25-15(11)17(30)24-14(16-26-28-29-27-16)9-3-4-12(20)13(21)6-9/h1-6,8,14H,7H2,(H,24,30)(H,22,23,25)(H,26,27,28,29). The number of furan rings is 1. The van der Waals surface area contributed by atoms with Crippen molar-refractivity contribution in [2.75, 3.05) is 5.32 Å². The number of carbonyl (C=O) groups is 1. The first-order chi connectivity index (χ1) is 15.0. The fourth-order valence-corrected chi connectivity index (χ4v) is 3.16. The molecule has 1 amide bonds. The maximum Gasteiger partial charge on any atom is 0.272 e. The molecule has 31 heavy (non-hydrogen) atoms. The molecule has 0 saturated heterocycles. The molecule has 13 heteroatoms. The van der Waals surface area contributed by atoms with Crippen LogP contribution in [0.1, 0.15) is 33.7 Å². The summed E-state index contributed by atoms with van der Waals surface area (Å²) in [7, 11) is 0. The van der Waals surface area contributed by atoms with Gasteiger partial charge >= 0.3 is 0 Å². The predicted molar refractivity (Wildman–Crippen MR) is 111 cm³/mol. The number of nitrogens with one attached hydrogen (secondary N) is 3. The second kappa shape index (κ2) is 9.18. The van der Waals surface area contributed by atoms with Gasteiger partial charge in [-0.1, -0.05) is 22.9 Å². The van der Waals surface area contributed by atoms with Crippen LogP contribution < -0.4 is 10.6 Å². The summed E-state index contributed by atoms with van der Waals surface area (Å²) in [5.74, 6) is -0.177. The van der Waals surface area contributed by atoms with Gasteiger partial charge in [0.1, 0.15) is 23.3 Å². The van der Waals surface area contributed by atoms with E-state index >= 15 is 0 Å². The van der Waals surface area contributed by atoms with Crippen molar-refractivity contribution in [1.29, 1.82) is 0 Å². The second-order valence-electron chi connectivity index (χ2n) is 6.17. The lowest BCUT2D eigenvalue weighted by Crippen LogP contribution is -2.31. The lowest BCUT2D eigenvalue weighted by molar-refractivity contribution is 0.0935. The fourth-order valence-electron chi connectivity index (χ4n) is 2.67. The van der Waals surface area contributed by atoms with E-state index in [1.54, 1.807) is 24.5 Å². The monoisotopic (exact) mass is 506 g/mol. The highest BCUT2D eigenvalue weighted by molar-refractivity contribution is 9.10. The fraction of sp³-hybridized carbons (Fsp3) is 0.111. The molecule has 1 unspecified atom stereocenters. The number of hydrogen-bond donors (Lipinski definition) is 3. The summed E-state index contributed by atoms with van der Waals surface area (Å²) in [6, 6.07) is 6.77. The van der Waals surface area contributed by atoms with E-state index in [9.17, 15) is 9.18 Å². The van der Waals surface area contributed by atoms with Gasteiger partial charge in [0.15, 0.2) is 0 Å². The van der Waals surface area contributed by atoms with Gasteiger partial charge in [-0.3, -0.25) is 4.79 Å². The van der Waals surface area contributed by atoms with Crippen molar-refractivity contribution in [2.45, 2.75) is 12.6 Å². The molecule has 158 valence electrons. The number of aromatic amines is 1. The number of carbonyl (C=O) groups excluding carboxylic acids is 1. The molecular weight excluding hydrogens is 495 g/mol. The largest absolute Gasteiger partial charge is 0.467 e. The van der Waals surface area contributed by atoms with E-state index in [1.807, 2.05) is 0 Å². The zero-order valence-electron chi connectivity index (χ0n) is 15.5. The van der Waals surface area contributed by atoms with Gasteiger partial charge in [0.2, 0.25) is 11.8 Å². The average molecular weight is 508 g/mol. The molecule has 4 aromatic rings. The summed E-state index contributed by atoms with van der Waals surface area (Å²) in [6.45, 7) is 0.339. The van der Waals surface area contributed by atoms with Crippen LogP contribution in [-0.2, 0) is 6.54 Å².